The van der Waals surface area contributed by atoms with Crippen LogP contribution in [-0.4, -0.2) is 26.1 Å². The first kappa shape index (κ1) is 14.1. The van der Waals surface area contributed by atoms with Crippen LogP contribution in [0.2, 0.25) is 0 Å². The molecule has 2 rings (SSSR count). The maximum Gasteiger partial charge on any atom is 0.358 e. The van der Waals surface area contributed by atoms with Gasteiger partial charge in [0.2, 0.25) is 0 Å². The summed E-state index contributed by atoms with van der Waals surface area (Å²) < 4.78 is 29.0. The van der Waals surface area contributed by atoms with Gasteiger partial charge in [-0.3, -0.25) is 0 Å². The number of rotatable bonds is 5. The first-order chi connectivity index (χ1) is 9.45. The van der Waals surface area contributed by atoms with E-state index in [1.165, 1.54) is 24.3 Å². The van der Waals surface area contributed by atoms with Gasteiger partial charge in [0.05, 0.1) is 5.69 Å². The van der Waals surface area contributed by atoms with Crippen molar-refractivity contribution in [3.63, 3.8) is 0 Å². The number of carbonyl (C=O) groups is 1. The summed E-state index contributed by atoms with van der Waals surface area (Å²) in [6, 6.07) is 7.20. The molecule has 0 aliphatic carbocycles. The Bertz CT molecular complexity index is 613. The average Bonchev–Trinajstić information content (AvgIpc) is 2.82. The SMILES string of the molecule is NCc1c(C(=O)O)nnn1CC(F)(F)c1ccccc1. The van der Waals surface area contributed by atoms with Crippen LogP contribution in [0, 0.1) is 0 Å². The first-order valence-electron chi connectivity index (χ1n) is 5.75. The average molecular weight is 282 g/mol. The monoisotopic (exact) mass is 282 g/mol. The molecule has 0 radical (unpaired) electrons. The Hall–Kier alpha value is -2.35. The molecule has 20 heavy (non-hydrogen) atoms. The van der Waals surface area contributed by atoms with Gasteiger partial charge in [-0.2, -0.15) is 8.78 Å². The number of aromatic nitrogens is 3. The van der Waals surface area contributed by atoms with Crippen molar-refractivity contribution in [1.29, 1.82) is 0 Å². The van der Waals surface area contributed by atoms with Gasteiger partial charge in [0, 0.05) is 12.1 Å². The lowest BCUT2D eigenvalue weighted by molar-refractivity contribution is -0.0266. The minimum atomic E-state index is -3.20. The summed E-state index contributed by atoms with van der Waals surface area (Å²) in [6.45, 7) is -1.05. The number of carboxylic acid groups (broad SMARTS) is 1. The van der Waals surface area contributed by atoms with Crippen molar-refractivity contribution in [2.75, 3.05) is 0 Å². The third kappa shape index (κ3) is 2.64. The van der Waals surface area contributed by atoms with Crippen molar-refractivity contribution in [2.45, 2.75) is 19.0 Å². The Morgan fingerprint density at radius 3 is 2.55 bits per heavy atom. The Balaban J connectivity index is 2.32. The Kier molecular flexibility index (Phi) is 3.75. The summed E-state index contributed by atoms with van der Waals surface area (Å²) in [5, 5.41) is 15.7. The van der Waals surface area contributed by atoms with Crippen LogP contribution in [0.25, 0.3) is 0 Å². The van der Waals surface area contributed by atoms with Crippen molar-refractivity contribution in [1.82, 2.24) is 15.0 Å². The molecule has 1 aromatic carbocycles. The third-order valence-corrected chi connectivity index (χ3v) is 2.78. The first-order valence-corrected chi connectivity index (χ1v) is 5.75. The fraction of sp³-hybridized carbons (Fsp3) is 0.250. The zero-order chi connectivity index (χ0) is 14.8. The summed E-state index contributed by atoms with van der Waals surface area (Å²) in [5.74, 6) is -4.55. The van der Waals surface area contributed by atoms with E-state index in [0.29, 0.717) is 0 Å². The molecule has 1 aromatic heterocycles. The van der Waals surface area contributed by atoms with E-state index in [9.17, 15) is 13.6 Å². The molecule has 0 amide bonds. The quantitative estimate of drug-likeness (QED) is 0.860. The Morgan fingerprint density at radius 1 is 1.35 bits per heavy atom. The van der Waals surface area contributed by atoms with Crippen LogP contribution < -0.4 is 5.73 Å². The highest BCUT2D eigenvalue weighted by Gasteiger charge is 2.34. The molecule has 2 aromatic rings. The predicted molar refractivity (Wildman–Crippen MR) is 65.2 cm³/mol. The lowest BCUT2D eigenvalue weighted by atomic mass is 10.1. The largest absolute Gasteiger partial charge is 0.476 e. The van der Waals surface area contributed by atoms with Crippen LogP contribution in [0.15, 0.2) is 30.3 Å². The van der Waals surface area contributed by atoms with E-state index in [1.807, 2.05) is 0 Å². The molecule has 1 heterocycles. The lowest BCUT2D eigenvalue weighted by Gasteiger charge is -2.17. The second kappa shape index (κ2) is 5.33. The second-order valence-corrected chi connectivity index (χ2v) is 4.12. The Labute approximate surface area is 112 Å². The second-order valence-electron chi connectivity index (χ2n) is 4.12. The van der Waals surface area contributed by atoms with Crippen LogP contribution in [0.5, 0.6) is 0 Å². The molecule has 0 spiro atoms. The molecule has 106 valence electrons. The van der Waals surface area contributed by atoms with E-state index in [-0.39, 0.29) is 17.8 Å². The number of carboxylic acids is 1. The zero-order valence-corrected chi connectivity index (χ0v) is 10.3. The third-order valence-electron chi connectivity index (χ3n) is 2.78. The fourth-order valence-corrected chi connectivity index (χ4v) is 1.79. The molecule has 0 aliphatic heterocycles. The minimum Gasteiger partial charge on any atom is -0.476 e. The molecule has 0 saturated heterocycles. The summed E-state index contributed by atoms with van der Waals surface area (Å²) >= 11 is 0. The zero-order valence-electron chi connectivity index (χ0n) is 10.3. The van der Waals surface area contributed by atoms with Gasteiger partial charge >= 0.3 is 5.97 Å². The van der Waals surface area contributed by atoms with E-state index in [0.717, 1.165) is 4.68 Å². The number of hydrogen-bond donors (Lipinski definition) is 2. The van der Waals surface area contributed by atoms with Crippen LogP contribution in [-0.2, 0) is 19.0 Å². The molecular formula is C12H12F2N4O2. The maximum absolute atomic E-state index is 14.1. The standard InChI is InChI=1S/C12H12F2N4O2/c13-12(14,8-4-2-1-3-5-8)7-18-9(6-15)10(11(19)20)16-17-18/h1-5H,6-7,15H2,(H,19,20). The molecule has 8 heteroatoms. The molecule has 0 aliphatic rings. The van der Waals surface area contributed by atoms with Gasteiger partial charge in [0.25, 0.3) is 5.92 Å². The highest BCUT2D eigenvalue weighted by molar-refractivity contribution is 5.86. The highest BCUT2D eigenvalue weighted by atomic mass is 19.3. The van der Waals surface area contributed by atoms with Gasteiger partial charge in [-0.15, -0.1) is 5.10 Å². The summed E-state index contributed by atoms with van der Waals surface area (Å²) in [7, 11) is 0. The van der Waals surface area contributed by atoms with Crippen molar-refractivity contribution < 1.29 is 18.7 Å². The van der Waals surface area contributed by atoms with Crippen LogP contribution in [0.1, 0.15) is 21.7 Å². The fourth-order valence-electron chi connectivity index (χ4n) is 1.79. The van der Waals surface area contributed by atoms with Gasteiger partial charge < -0.3 is 10.8 Å². The number of hydrogen-bond acceptors (Lipinski definition) is 4. The number of aromatic carboxylic acids is 1. The van der Waals surface area contributed by atoms with E-state index in [1.54, 1.807) is 6.07 Å². The van der Waals surface area contributed by atoms with Crippen LogP contribution in [0.4, 0.5) is 8.78 Å². The topological polar surface area (TPSA) is 94.0 Å². The van der Waals surface area contributed by atoms with Crippen molar-refractivity contribution in [3.05, 3.63) is 47.3 Å². The van der Waals surface area contributed by atoms with Gasteiger partial charge in [-0.1, -0.05) is 35.5 Å². The number of halogens is 2. The van der Waals surface area contributed by atoms with Crippen molar-refractivity contribution in [2.24, 2.45) is 5.73 Å². The van der Waals surface area contributed by atoms with Crippen LogP contribution in [0.3, 0.4) is 0 Å². The summed E-state index contributed by atoms with van der Waals surface area (Å²) in [6.07, 6.45) is 0. The molecule has 0 atom stereocenters. The van der Waals surface area contributed by atoms with Gasteiger partial charge in [0.15, 0.2) is 5.69 Å². The number of nitrogens with zero attached hydrogens (tertiary/aromatic N) is 3. The molecule has 0 saturated carbocycles. The highest BCUT2D eigenvalue weighted by Crippen LogP contribution is 2.29. The predicted octanol–water partition coefficient (Wildman–Crippen LogP) is 1.23. The van der Waals surface area contributed by atoms with E-state index < -0.39 is 24.1 Å². The lowest BCUT2D eigenvalue weighted by Crippen LogP contribution is -2.24. The normalized spacial score (nSPS) is 11.6. The van der Waals surface area contributed by atoms with E-state index in [4.69, 9.17) is 10.8 Å². The number of alkyl halides is 2. The number of benzene rings is 1. The van der Waals surface area contributed by atoms with Gasteiger partial charge in [-0.25, -0.2) is 9.48 Å². The van der Waals surface area contributed by atoms with Crippen molar-refractivity contribution in [3.8, 4) is 0 Å². The van der Waals surface area contributed by atoms with Crippen LogP contribution >= 0.6 is 0 Å². The molecular weight excluding hydrogens is 270 g/mol. The van der Waals surface area contributed by atoms with E-state index in [2.05, 4.69) is 10.3 Å². The van der Waals surface area contributed by atoms with Crippen molar-refractivity contribution >= 4 is 5.97 Å². The maximum atomic E-state index is 14.1. The van der Waals surface area contributed by atoms with Gasteiger partial charge in [-0.05, 0) is 0 Å². The molecule has 6 nitrogen and oxygen atoms in total. The summed E-state index contributed by atoms with van der Waals surface area (Å²) in [4.78, 5) is 10.9. The molecule has 0 fully saturated rings. The minimum absolute atomic E-state index is 0.0342. The summed E-state index contributed by atoms with van der Waals surface area (Å²) in [5.41, 5.74) is 4.76. The molecule has 3 N–H and O–H groups in total. The van der Waals surface area contributed by atoms with E-state index >= 15 is 0 Å². The molecule has 0 unspecified atom stereocenters. The van der Waals surface area contributed by atoms with Gasteiger partial charge in [0.1, 0.15) is 6.54 Å². The Morgan fingerprint density at radius 2 is 2.00 bits per heavy atom. The smallest absolute Gasteiger partial charge is 0.358 e. The number of nitrogens with two attached hydrogens (primary N) is 1. The molecule has 0 bridgehead atoms.